The zero-order valence-corrected chi connectivity index (χ0v) is 14.2. The van der Waals surface area contributed by atoms with Crippen molar-refractivity contribution in [3.8, 4) is 34.6 Å². The van der Waals surface area contributed by atoms with Gasteiger partial charge in [0.2, 0.25) is 5.88 Å². The van der Waals surface area contributed by atoms with Gasteiger partial charge in [0.1, 0.15) is 11.3 Å². The van der Waals surface area contributed by atoms with E-state index in [1.165, 1.54) is 12.3 Å². The maximum absolute atomic E-state index is 9.24. The molecule has 0 spiro atoms. The van der Waals surface area contributed by atoms with Gasteiger partial charge < -0.3 is 9.84 Å². The van der Waals surface area contributed by atoms with E-state index in [0.29, 0.717) is 11.3 Å². The molecular formula is C19H15N5O2. The van der Waals surface area contributed by atoms with Gasteiger partial charge in [-0.1, -0.05) is 11.8 Å². The van der Waals surface area contributed by atoms with Crippen molar-refractivity contribution < 1.29 is 9.84 Å². The lowest BCUT2D eigenvalue weighted by molar-refractivity contribution is 0.417. The summed E-state index contributed by atoms with van der Waals surface area (Å²) < 4.78 is 9.06. The van der Waals surface area contributed by atoms with E-state index in [9.17, 15) is 5.11 Å². The summed E-state index contributed by atoms with van der Waals surface area (Å²) in [7, 11) is 3.50. The molecule has 4 rings (SSSR count). The van der Waals surface area contributed by atoms with Gasteiger partial charge in [0.15, 0.2) is 0 Å². The highest BCUT2D eigenvalue weighted by Gasteiger charge is 2.12. The second kappa shape index (κ2) is 6.26. The highest BCUT2D eigenvalue weighted by molar-refractivity contribution is 5.75. The lowest BCUT2D eigenvalue weighted by Gasteiger charge is -2.06. The first kappa shape index (κ1) is 15.7. The van der Waals surface area contributed by atoms with E-state index in [-0.39, 0.29) is 5.88 Å². The molecule has 4 heterocycles. The van der Waals surface area contributed by atoms with Gasteiger partial charge in [-0.15, -0.1) is 0 Å². The third kappa shape index (κ3) is 2.84. The molecule has 4 aromatic rings. The van der Waals surface area contributed by atoms with Gasteiger partial charge in [-0.05, 0) is 12.1 Å². The van der Waals surface area contributed by atoms with Crippen molar-refractivity contribution >= 4 is 5.52 Å². The summed E-state index contributed by atoms with van der Waals surface area (Å²) in [5, 5.41) is 17.8. The Morgan fingerprint density at radius 3 is 2.62 bits per heavy atom. The molecule has 0 radical (unpaired) electrons. The predicted molar refractivity (Wildman–Crippen MR) is 95.8 cm³/mol. The molecule has 0 fully saturated rings. The number of hydrogen-bond donors (Lipinski definition) is 1. The molecule has 26 heavy (non-hydrogen) atoms. The third-order valence-corrected chi connectivity index (χ3v) is 3.92. The first-order chi connectivity index (χ1) is 12.6. The number of pyridine rings is 2. The summed E-state index contributed by atoms with van der Waals surface area (Å²) >= 11 is 0. The molecule has 0 aliphatic rings. The van der Waals surface area contributed by atoms with Gasteiger partial charge in [0.25, 0.3) is 0 Å². The number of aryl methyl sites for hydroxylation is 1. The molecule has 0 unspecified atom stereocenters. The third-order valence-electron chi connectivity index (χ3n) is 3.92. The number of fused-ring (bicyclic) bond motifs is 1. The Morgan fingerprint density at radius 2 is 1.92 bits per heavy atom. The fourth-order valence-electron chi connectivity index (χ4n) is 2.66. The minimum atomic E-state index is -0.0314. The van der Waals surface area contributed by atoms with Gasteiger partial charge in [-0.2, -0.15) is 10.2 Å². The monoisotopic (exact) mass is 345 g/mol. The fraction of sp³-hybridized carbons (Fsp3) is 0.105. The Morgan fingerprint density at radius 1 is 1.04 bits per heavy atom. The van der Waals surface area contributed by atoms with Crippen molar-refractivity contribution in [1.29, 1.82) is 0 Å². The maximum atomic E-state index is 9.24. The summed E-state index contributed by atoms with van der Waals surface area (Å²) in [4.78, 5) is 3.82. The van der Waals surface area contributed by atoms with Crippen LogP contribution in [0.5, 0.6) is 11.6 Å². The van der Waals surface area contributed by atoms with Gasteiger partial charge in [-0.25, -0.2) is 9.50 Å². The van der Waals surface area contributed by atoms with Crippen LogP contribution in [0, 0.1) is 11.8 Å². The van der Waals surface area contributed by atoms with E-state index in [1.54, 1.807) is 34.8 Å². The van der Waals surface area contributed by atoms with Crippen molar-refractivity contribution in [2.45, 2.75) is 0 Å². The van der Waals surface area contributed by atoms with Gasteiger partial charge >= 0.3 is 0 Å². The predicted octanol–water partition coefficient (Wildman–Crippen LogP) is 2.24. The molecule has 0 amide bonds. The molecule has 7 heteroatoms. The smallest absolute Gasteiger partial charge is 0.210 e. The molecule has 0 aliphatic carbocycles. The molecule has 7 nitrogen and oxygen atoms in total. The number of hydrogen-bond acceptors (Lipinski definition) is 5. The second-order valence-corrected chi connectivity index (χ2v) is 5.71. The van der Waals surface area contributed by atoms with E-state index < -0.39 is 0 Å². The van der Waals surface area contributed by atoms with Crippen molar-refractivity contribution in [2.24, 2.45) is 7.05 Å². The first-order valence-electron chi connectivity index (χ1n) is 7.85. The van der Waals surface area contributed by atoms with Gasteiger partial charge in [0, 0.05) is 48.4 Å². The first-order valence-corrected chi connectivity index (χ1v) is 7.85. The second-order valence-electron chi connectivity index (χ2n) is 5.71. The normalized spacial score (nSPS) is 10.5. The van der Waals surface area contributed by atoms with Crippen LogP contribution >= 0.6 is 0 Å². The molecule has 0 saturated carbocycles. The fourth-order valence-corrected chi connectivity index (χ4v) is 2.66. The Kier molecular flexibility index (Phi) is 3.78. The van der Waals surface area contributed by atoms with Crippen LogP contribution in [-0.4, -0.2) is 36.6 Å². The van der Waals surface area contributed by atoms with Crippen LogP contribution in [0.3, 0.4) is 0 Å². The average Bonchev–Trinajstić information content (AvgIpc) is 3.26. The summed E-state index contributed by atoms with van der Waals surface area (Å²) in [5.74, 6) is 6.76. The van der Waals surface area contributed by atoms with Crippen molar-refractivity contribution in [1.82, 2.24) is 24.4 Å². The van der Waals surface area contributed by atoms with Crippen LogP contribution < -0.4 is 4.74 Å². The maximum Gasteiger partial charge on any atom is 0.210 e. The van der Waals surface area contributed by atoms with E-state index in [1.807, 2.05) is 25.5 Å². The summed E-state index contributed by atoms with van der Waals surface area (Å²) in [5.41, 5.74) is 4.17. The van der Waals surface area contributed by atoms with Gasteiger partial charge in [0.05, 0.1) is 25.1 Å². The van der Waals surface area contributed by atoms with Crippen molar-refractivity contribution in [2.75, 3.05) is 7.11 Å². The number of aromatic hydroxyl groups is 1. The Bertz CT molecular complexity index is 1150. The molecule has 1 N–H and O–H groups in total. The van der Waals surface area contributed by atoms with Crippen molar-refractivity contribution in [3.63, 3.8) is 0 Å². The largest absolute Gasteiger partial charge is 0.494 e. The van der Waals surface area contributed by atoms with E-state index in [0.717, 1.165) is 22.2 Å². The van der Waals surface area contributed by atoms with Gasteiger partial charge in [-0.3, -0.25) is 4.68 Å². The lowest BCUT2D eigenvalue weighted by atomic mass is 10.1. The number of rotatable bonds is 2. The minimum absolute atomic E-state index is 0.0314. The van der Waals surface area contributed by atoms with Crippen LogP contribution in [0.4, 0.5) is 0 Å². The Balaban J connectivity index is 1.79. The highest BCUT2D eigenvalue weighted by Crippen LogP contribution is 2.29. The average molecular weight is 345 g/mol. The number of methoxy groups -OCH3 is 1. The summed E-state index contributed by atoms with van der Waals surface area (Å²) in [6.07, 6.45) is 8.87. The SMILES string of the molecule is COc1cc(-c2cnn(C)c2)cn2ncc(C#Cc3ccc(O)nc3)c12. The standard InChI is InChI=1S/C19H15N5O2/c1-23-11-16(10-21-23)15-7-17(26-2)19-14(9-22-24(19)12-15)5-3-13-4-6-18(25)20-8-13/h4,6-12H,1-2H3,(H,20,25). The summed E-state index contributed by atoms with van der Waals surface area (Å²) in [6.45, 7) is 0. The molecular weight excluding hydrogens is 330 g/mol. The molecule has 128 valence electrons. The quantitative estimate of drug-likeness (QED) is 0.564. The van der Waals surface area contributed by atoms with Crippen LogP contribution in [0.2, 0.25) is 0 Å². The van der Waals surface area contributed by atoms with Crippen LogP contribution in [-0.2, 0) is 7.05 Å². The van der Waals surface area contributed by atoms with Crippen molar-refractivity contribution in [3.05, 3.63) is 60.3 Å². The highest BCUT2D eigenvalue weighted by atomic mass is 16.5. The zero-order chi connectivity index (χ0) is 18.1. The van der Waals surface area contributed by atoms with E-state index in [4.69, 9.17) is 4.74 Å². The van der Waals surface area contributed by atoms with Crippen LogP contribution in [0.1, 0.15) is 11.1 Å². The topological polar surface area (TPSA) is 77.5 Å². The zero-order valence-electron chi connectivity index (χ0n) is 14.2. The number of aromatic nitrogens is 5. The molecule has 0 aromatic carbocycles. The molecule has 0 saturated heterocycles. The molecule has 0 atom stereocenters. The lowest BCUT2D eigenvalue weighted by Crippen LogP contribution is -1.94. The van der Waals surface area contributed by atoms with E-state index in [2.05, 4.69) is 27.0 Å². The Hall–Kier alpha value is -3.79. The van der Waals surface area contributed by atoms with E-state index >= 15 is 0 Å². The molecule has 0 aliphatic heterocycles. The number of nitrogens with zero attached hydrogens (tertiary/aromatic N) is 5. The molecule has 0 bridgehead atoms. The number of ether oxygens (including phenoxy) is 1. The summed E-state index contributed by atoms with van der Waals surface area (Å²) in [6, 6.07) is 5.15. The minimum Gasteiger partial charge on any atom is -0.494 e. The molecule has 4 aromatic heterocycles. The Labute approximate surface area is 149 Å². The van der Waals surface area contributed by atoms with Crippen LogP contribution in [0.15, 0.2) is 49.2 Å². The van der Waals surface area contributed by atoms with Crippen LogP contribution in [0.25, 0.3) is 16.6 Å².